The Morgan fingerprint density at radius 3 is 2.65 bits per heavy atom. The van der Waals surface area contributed by atoms with Crippen molar-refractivity contribution >= 4 is 11.6 Å². The van der Waals surface area contributed by atoms with Gasteiger partial charge in [0.2, 0.25) is 5.91 Å². The number of carbonyl (C=O) groups is 1. The standard InChI is InChI=1S/C21H21FN2O2/c1-13-12-14(2)23-15(3)21(13)24-20(25)11-9-16-8-10-19(26-16)17-6-4-5-7-18(17)22/h4-8,10,12H,9,11H2,1-3H3,(H,24,25). The zero-order chi connectivity index (χ0) is 18.7. The lowest BCUT2D eigenvalue weighted by Crippen LogP contribution is -2.14. The highest BCUT2D eigenvalue weighted by Crippen LogP contribution is 2.25. The third kappa shape index (κ3) is 3.99. The van der Waals surface area contributed by atoms with Crippen LogP contribution in [0.3, 0.4) is 0 Å². The lowest BCUT2D eigenvalue weighted by atomic mass is 10.1. The number of hydrogen-bond acceptors (Lipinski definition) is 3. The second kappa shape index (κ2) is 7.52. The Labute approximate surface area is 152 Å². The third-order valence-corrected chi connectivity index (χ3v) is 4.19. The molecule has 0 unspecified atom stereocenters. The van der Waals surface area contributed by atoms with Gasteiger partial charge in [0.1, 0.15) is 17.3 Å². The molecule has 0 spiro atoms. The molecule has 0 radical (unpaired) electrons. The molecule has 0 saturated heterocycles. The summed E-state index contributed by atoms with van der Waals surface area (Å²) in [4.78, 5) is 16.6. The second-order valence-electron chi connectivity index (χ2n) is 6.33. The van der Waals surface area contributed by atoms with Gasteiger partial charge in [-0.05, 0) is 56.7 Å². The fraction of sp³-hybridized carbons (Fsp3) is 0.238. The van der Waals surface area contributed by atoms with E-state index in [9.17, 15) is 9.18 Å². The van der Waals surface area contributed by atoms with Crippen LogP contribution >= 0.6 is 0 Å². The van der Waals surface area contributed by atoms with Crippen LogP contribution in [-0.4, -0.2) is 10.9 Å². The van der Waals surface area contributed by atoms with Gasteiger partial charge >= 0.3 is 0 Å². The number of aryl methyl sites for hydroxylation is 4. The zero-order valence-electron chi connectivity index (χ0n) is 15.1. The molecule has 2 heterocycles. The number of pyridine rings is 1. The number of anilines is 1. The van der Waals surface area contributed by atoms with Crippen molar-refractivity contribution in [2.75, 3.05) is 5.32 Å². The highest BCUT2D eigenvalue weighted by Gasteiger charge is 2.12. The molecule has 134 valence electrons. The Morgan fingerprint density at radius 2 is 1.92 bits per heavy atom. The van der Waals surface area contributed by atoms with E-state index in [0.29, 0.717) is 23.5 Å². The SMILES string of the molecule is Cc1cc(C)c(NC(=O)CCc2ccc(-c3ccccc3F)o2)c(C)n1. The van der Waals surface area contributed by atoms with E-state index in [1.807, 2.05) is 26.8 Å². The smallest absolute Gasteiger partial charge is 0.224 e. The van der Waals surface area contributed by atoms with Gasteiger partial charge in [0.15, 0.2) is 0 Å². The summed E-state index contributed by atoms with van der Waals surface area (Å²) < 4.78 is 19.5. The van der Waals surface area contributed by atoms with Gasteiger partial charge in [0.25, 0.3) is 0 Å². The van der Waals surface area contributed by atoms with E-state index >= 15 is 0 Å². The molecular formula is C21H21FN2O2. The molecule has 0 aliphatic rings. The first-order chi connectivity index (χ1) is 12.4. The van der Waals surface area contributed by atoms with Crippen LogP contribution in [0.15, 0.2) is 46.9 Å². The molecular weight excluding hydrogens is 331 g/mol. The molecule has 3 aromatic rings. The minimum absolute atomic E-state index is 0.106. The minimum Gasteiger partial charge on any atom is -0.461 e. The number of benzene rings is 1. The van der Waals surface area contributed by atoms with Crippen molar-refractivity contribution in [2.45, 2.75) is 33.6 Å². The average molecular weight is 352 g/mol. The predicted molar refractivity (Wildman–Crippen MR) is 99.5 cm³/mol. The molecule has 5 heteroatoms. The lowest BCUT2D eigenvalue weighted by Gasteiger charge is -2.11. The second-order valence-corrected chi connectivity index (χ2v) is 6.33. The number of nitrogens with zero attached hydrogens (tertiary/aromatic N) is 1. The Hall–Kier alpha value is -2.95. The van der Waals surface area contributed by atoms with Crippen LogP contribution in [0.25, 0.3) is 11.3 Å². The number of hydrogen-bond donors (Lipinski definition) is 1. The third-order valence-electron chi connectivity index (χ3n) is 4.19. The Balaban J connectivity index is 1.63. The van der Waals surface area contributed by atoms with Gasteiger partial charge in [-0.3, -0.25) is 9.78 Å². The maximum absolute atomic E-state index is 13.8. The highest BCUT2D eigenvalue weighted by molar-refractivity contribution is 5.92. The molecule has 26 heavy (non-hydrogen) atoms. The Morgan fingerprint density at radius 1 is 1.15 bits per heavy atom. The van der Waals surface area contributed by atoms with Gasteiger partial charge in [-0.25, -0.2) is 4.39 Å². The van der Waals surface area contributed by atoms with Crippen LogP contribution in [-0.2, 0) is 11.2 Å². The van der Waals surface area contributed by atoms with Crippen molar-refractivity contribution in [1.29, 1.82) is 0 Å². The predicted octanol–water partition coefficient (Wildman–Crippen LogP) is 4.98. The van der Waals surface area contributed by atoms with Crippen LogP contribution in [0.2, 0.25) is 0 Å². The minimum atomic E-state index is -0.330. The summed E-state index contributed by atoms with van der Waals surface area (Å²) in [5.74, 6) is 0.677. The van der Waals surface area contributed by atoms with Gasteiger partial charge < -0.3 is 9.73 Å². The van der Waals surface area contributed by atoms with Crippen LogP contribution < -0.4 is 5.32 Å². The molecule has 0 saturated carbocycles. The molecule has 4 nitrogen and oxygen atoms in total. The number of halogens is 1. The number of rotatable bonds is 5. The van der Waals surface area contributed by atoms with E-state index in [4.69, 9.17) is 4.42 Å². The first-order valence-electron chi connectivity index (χ1n) is 8.52. The van der Waals surface area contributed by atoms with Crippen LogP contribution in [0.4, 0.5) is 10.1 Å². The van der Waals surface area contributed by atoms with Crippen LogP contribution in [0, 0.1) is 26.6 Å². The van der Waals surface area contributed by atoms with E-state index in [1.54, 1.807) is 30.3 Å². The number of aromatic nitrogens is 1. The number of furan rings is 1. The maximum Gasteiger partial charge on any atom is 0.224 e. The molecule has 0 aliphatic carbocycles. The van der Waals surface area contributed by atoms with Gasteiger partial charge in [-0.15, -0.1) is 0 Å². The monoisotopic (exact) mass is 352 g/mol. The zero-order valence-corrected chi connectivity index (χ0v) is 15.1. The van der Waals surface area contributed by atoms with Crippen molar-refractivity contribution in [3.05, 3.63) is 71.0 Å². The average Bonchev–Trinajstić information content (AvgIpc) is 3.05. The lowest BCUT2D eigenvalue weighted by molar-refractivity contribution is -0.116. The molecule has 1 amide bonds. The van der Waals surface area contributed by atoms with E-state index in [1.165, 1.54) is 6.07 Å². The molecule has 1 N–H and O–H groups in total. The van der Waals surface area contributed by atoms with Crippen molar-refractivity contribution in [2.24, 2.45) is 0 Å². The summed E-state index contributed by atoms with van der Waals surface area (Å²) >= 11 is 0. The fourth-order valence-electron chi connectivity index (χ4n) is 2.97. The molecule has 3 rings (SSSR count). The van der Waals surface area contributed by atoms with E-state index in [2.05, 4.69) is 10.3 Å². The summed E-state index contributed by atoms with van der Waals surface area (Å²) in [5, 5.41) is 2.92. The fourth-order valence-corrected chi connectivity index (χ4v) is 2.97. The summed E-state index contributed by atoms with van der Waals surface area (Å²) in [7, 11) is 0. The van der Waals surface area contributed by atoms with Crippen molar-refractivity contribution < 1.29 is 13.6 Å². The molecule has 0 atom stereocenters. The van der Waals surface area contributed by atoms with Gasteiger partial charge in [0.05, 0.1) is 16.9 Å². The van der Waals surface area contributed by atoms with Crippen LogP contribution in [0.1, 0.15) is 29.1 Å². The van der Waals surface area contributed by atoms with Crippen molar-refractivity contribution in [3.63, 3.8) is 0 Å². The molecule has 0 aliphatic heterocycles. The van der Waals surface area contributed by atoms with Gasteiger partial charge in [-0.2, -0.15) is 0 Å². The van der Waals surface area contributed by atoms with Crippen molar-refractivity contribution in [1.82, 2.24) is 4.98 Å². The molecule has 1 aromatic carbocycles. The summed E-state index contributed by atoms with van der Waals surface area (Å²) in [6.07, 6.45) is 0.717. The van der Waals surface area contributed by atoms with E-state index in [0.717, 1.165) is 22.6 Å². The molecule has 0 bridgehead atoms. The highest BCUT2D eigenvalue weighted by atomic mass is 19.1. The first-order valence-corrected chi connectivity index (χ1v) is 8.52. The molecule has 0 fully saturated rings. The Kier molecular flexibility index (Phi) is 5.16. The normalized spacial score (nSPS) is 10.8. The summed E-state index contributed by atoms with van der Waals surface area (Å²) in [6, 6.07) is 11.9. The first kappa shape index (κ1) is 17.9. The van der Waals surface area contributed by atoms with Crippen molar-refractivity contribution in [3.8, 4) is 11.3 Å². The van der Waals surface area contributed by atoms with E-state index in [-0.39, 0.29) is 18.1 Å². The Bertz CT molecular complexity index is 924. The number of carbonyl (C=O) groups excluding carboxylic acids is 1. The summed E-state index contributed by atoms with van der Waals surface area (Å²) in [6.45, 7) is 5.75. The number of amides is 1. The maximum atomic E-state index is 13.8. The topological polar surface area (TPSA) is 55.1 Å². The molecule has 2 aromatic heterocycles. The van der Waals surface area contributed by atoms with Crippen LogP contribution in [0.5, 0.6) is 0 Å². The van der Waals surface area contributed by atoms with Gasteiger partial charge in [0, 0.05) is 18.5 Å². The quantitative estimate of drug-likeness (QED) is 0.705. The van der Waals surface area contributed by atoms with E-state index < -0.39 is 0 Å². The largest absolute Gasteiger partial charge is 0.461 e. The summed E-state index contributed by atoms with van der Waals surface area (Å²) in [5.41, 5.74) is 3.89. The number of nitrogens with one attached hydrogen (secondary N) is 1. The van der Waals surface area contributed by atoms with Gasteiger partial charge in [-0.1, -0.05) is 12.1 Å².